The van der Waals surface area contributed by atoms with Crippen molar-refractivity contribution in [2.75, 3.05) is 33.2 Å². The largest absolute Gasteiger partial charge is 0.457 e. The molecule has 7 nitrogen and oxygen atoms in total. The lowest BCUT2D eigenvalue weighted by atomic mass is 10.1. The maximum Gasteiger partial charge on any atom is 0.233 e. The molecule has 0 atom stereocenters. The quantitative estimate of drug-likeness (QED) is 0.437. The molecule has 3 rings (SSSR count). The molecule has 0 radical (unpaired) electrons. The van der Waals surface area contributed by atoms with Crippen LogP contribution in [0.3, 0.4) is 0 Å². The van der Waals surface area contributed by atoms with Gasteiger partial charge in [-0.3, -0.25) is 9.69 Å². The summed E-state index contributed by atoms with van der Waals surface area (Å²) in [6.45, 7) is 7.71. The fourth-order valence-electron chi connectivity index (χ4n) is 3.73. The number of piperidine rings is 1. The van der Waals surface area contributed by atoms with Gasteiger partial charge in [-0.25, -0.2) is 4.99 Å². The molecule has 3 N–H and O–H groups in total. The van der Waals surface area contributed by atoms with Crippen LogP contribution in [0.1, 0.15) is 30.9 Å². The number of rotatable bonds is 8. The number of guanidine groups is 1. The van der Waals surface area contributed by atoms with Crippen LogP contribution in [0.15, 0.2) is 53.5 Å². The number of aliphatic imine (C=N–C) groups is 1. The van der Waals surface area contributed by atoms with Crippen molar-refractivity contribution in [1.82, 2.24) is 20.9 Å². The Morgan fingerprint density at radius 3 is 2.66 bits per heavy atom. The Morgan fingerprint density at radius 1 is 1.16 bits per heavy atom. The Labute approximate surface area is 191 Å². The second-order valence-corrected chi connectivity index (χ2v) is 8.09. The van der Waals surface area contributed by atoms with E-state index < -0.39 is 0 Å². The number of para-hydroxylation sites is 1. The predicted molar refractivity (Wildman–Crippen MR) is 129 cm³/mol. The van der Waals surface area contributed by atoms with E-state index in [-0.39, 0.29) is 5.91 Å². The zero-order valence-electron chi connectivity index (χ0n) is 19.4. The number of ether oxygens (including phenoxy) is 1. The molecule has 0 aromatic heterocycles. The molecule has 1 aliphatic heterocycles. The van der Waals surface area contributed by atoms with Gasteiger partial charge in [0.2, 0.25) is 5.91 Å². The molecule has 1 saturated heterocycles. The molecule has 32 heavy (non-hydrogen) atoms. The summed E-state index contributed by atoms with van der Waals surface area (Å²) in [5.74, 6) is 2.52. The summed E-state index contributed by atoms with van der Waals surface area (Å²) in [6.07, 6.45) is 1.96. The standard InChI is InChI=1S/C25H35N5O2/c1-4-27-25(29-21-12-14-30(15-13-21)18-24(31)26-3)28-17-20-9-5-6-11-23(20)32-22-10-7-8-19(2)16-22/h5-11,16,21H,4,12-15,17-18H2,1-3H3,(H,26,31)(H2,27,28,29). The number of carbonyl (C=O) groups is 1. The minimum atomic E-state index is 0.0675. The Bertz CT molecular complexity index is 907. The van der Waals surface area contributed by atoms with Gasteiger partial charge in [0, 0.05) is 38.3 Å². The van der Waals surface area contributed by atoms with E-state index in [1.165, 1.54) is 0 Å². The first-order chi connectivity index (χ1) is 15.6. The molecular formula is C25H35N5O2. The topological polar surface area (TPSA) is 78.0 Å². The van der Waals surface area contributed by atoms with Crippen LogP contribution in [-0.2, 0) is 11.3 Å². The third kappa shape index (κ3) is 7.27. The van der Waals surface area contributed by atoms with Crippen molar-refractivity contribution in [2.24, 2.45) is 4.99 Å². The SMILES string of the molecule is CCNC(=NCc1ccccc1Oc1cccc(C)c1)NC1CCN(CC(=O)NC)CC1. The summed E-state index contributed by atoms with van der Waals surface area (Å²) in [5, 5.41) is 9.60. The van der Waals surface area contributed by atoms with Gasteiger partial charge in [0.1, 0.15) is 11.5 Å². The number of aryl methyl sites for hydroxylation is 1. The third-order valence-corrected chi connectivity index (χ3v) is 5.52. The van der Waals surface area contributed by atoms with Crippen molar-refractivity contribution < 1.29 is 9.53 Å². The number of hydrogen-bond acceptors (Lipinski definition) is 4. The van der Waals surface area contributed by atoms with Crippen LogP contribution in [0.4, 0.5) is 0 Å². The number of benzene rings is 2. The second kappa shape index (κ2) is 12.1. The molecule has 2 aromatic rings. The maximum absolute atomic E-state index is 11.6. The van der Waals surface area contributed by atoms with E-state index in [9.17, 15) is 4.79 Å². The molecule has 7 heteroatoms. The average Bonchev–Trinajstić information content (AvgIpc) is 2.79. The Hall–Kier alpha value is -3.06. The van der Waals surface area contributed by atoms with Crippen molar-refractivity contribution >= 4 is 11.9 Å². The normalized spacial score (nSPS) is 15.3. The zero-order chi connectivity index (χ0) is 22.8. The monoisotopic (exact) mass is 437 g/mol. The lowest BCUT2D eigenvalue weighted by Crippen LogP contribution is -2.50. The van der Waals surface area contributed by atoms with Crippen molar-refractivity contribution in [3.05, 3.63) is 59.7 Å². The summed E-state index contributed by atoms with van der Waals surface area (Å²) in [4.78, 5) is 18.6. The smallest absolute Gasteiger partial charge is 0.233 e. The van der Waals surface area contributed by atoms with E-state index in [1.54, 1.807) is 7.05 Å². The van der Waals surface area contributed by atoms with Crippen molar-refractivity contribution in [2.45, 2.75) is 39.3 Å². The molecule has 172 valence electrons. The van der Waals surface area contributed by atoms with Gasteiger partial charge in [-0.15, -0.1) is 0 Å². The van der Waals surface area contributed by atoms with E-state index in [2.05, 4.69) is 46.8 Å². The Morgan fingerprint density at radius 2 is 1.94 bits per heavy atom. The van der Waals surface area contributed by atoms with Gasteiger partial charge in [0.25, 0.3) is 0 Å². The van der Waals surface area contributed by atoms with E-state index in [4.69, 9.17) is 9.73 Å². The van der Waals surface area contributed by atoms with Gasteiger partial charge in [0.05, 0.1) is 13.1 Å². The van der Waals surface area contributed by atoms with Crippen molar-refractivity contribution in [3.8, 4) is 11.5 Å². The molecule has 1 fully saturated rings. The minimum Gasteiger partial charge on any atom is -0.457 e. The molecule has 0 saturated carbocycles. The van der Waals surface area contributed by atoms with Gasteiger partial charge in [0.15, 0.2) is 5.96 Å². The highest BCUT2D eigenvalue weighted by atomic mass is 16.5. The molecular weight excluding hydrogens is 402 g/mol. The van der Waals surface area contributed by atoms with Crippen LogP contribution in [0.2, 0.25) is 0 Å². The summed E-state index contributed by atoms with van der Waals surface area (Å²) in [6, 6.07) is 16.4. The number of amides is 1. The molecule has 1 amide bonds. The number of likely N-dealkylation sites (tertiary alicyclic amines) is 1. The number of nitrogens with zero attached hydrogens (tertiary/aromatic N) is 2. The molecule has 0 bridgehead atoms. The fourth-order valence-corrected chi connectivity index (χ4v) is 3.73. The Balaban J connectivity index is 1.60. The van der Waals surface area contributed by atoms with Gasteiger partial charge in [-0.05, 0) is 50.5 Å². The van der Waals surface area contributed by atoms with Crippen LogP contribution in [0.5, 0.6) is 11.5 Å². The zero-order valence-corrected chi connectivity index (χ0v) is 19.4. The van der Waals surface area contributed by atoms with E-state index >= 15 is 0 Å². The lowest BCUT2D eigenvalue weighted by molar-refractivity contribution is -0.122. The van der Waals surface area contributed by atoms with Gasteiger partial charge >= 0.3 is 0 Å². The number of carbonyl (C=O) groups excluding carboxylic acids is 1. The number of nitrogens with one attached hydrogen (secondary N) is 3. The first-order valence-corrected chi connectivity index (χ1v) is 11.4. The summed E-state index contributed by atoms with van der Waals surface area (Å²) in [5.41, 5.74) is 2.20. The van der Waals surface area contributed by atoms with E-state index in [1.807, 2.05) is 36.4 Å². The van der Waals surface area contributed by atoms with Crippen LogP contribution in [0, 0.1) is 6.92 Å². The van der Waals surface area contributed by atoms with Crippen LogP contribution in [-0.4, -0.2) is 56.0 Å². The van der Waals surface area contributed by atoms with Crippen molar-refractivity contribution in [1.29, 1.82) is 0 Å². The average molecular weight is 438 g/mol. The summed E-state index contributed by atoms with van der Waals surface area (Å²) < 4.78 is 6.14. The van der Waals surface area contributed by atoms with Gasteiger partial charge in [-0.1, -0.05) is 30.3 Å². The fraction of sp³-hybridized carbons (Fsp3) is 0.440. The highest BCUT2D eigenvalue weighted by molar-refractivity contribution is 5.80. The number of hydrogen-bond donors (Lipinski definition) is 3. The highest BCUT2D eigenvalue weighted by Crippen LogP contribution is 2.26. The highest BCUT2D eigenvalue weighted by Gasteiger charge is 2.21. The molecule has 0 spiro atoms. The van der Waals surface area contributed by atoms with Crippen molar-refractivity contribution in [3.63, 3.8) is 0 Å². The first kappa shape index (κ1) is 23.6. The van der Waals surface area contributed by atoms with Crippen LogP contribution < -0.4 is 20.7 Å². The van der Waals surface area contributed by atoms with E-state index in [0.29, 0.717) is 19.1 Å². The Kier molecular flexibility index (Phi) is 8.92. The van der Waals surface area contributed by atoms with Gasteiger partial charge < -0.3 is 20.7 Å². The molecule has 0 unspecified atom stereocenters. The second-order valence-electron chi connectivity index (χ2n) is 8.09. The predicted octanol–water partition coefficient (Wildman–Crippen LogP) is 3.05. The van der Waals surface area contributed by atoms with E-state index in [0.717, 1.165) is 61.1 Å². The third-order valence-electron chi connectivity index (χ3n) is 5.52. The summed E-state index contributed by atoms with van der Waals surface area (Å²) >= 11 is 0. The minimum absolute atomic E-state index is 0.0675. The maximum atomic E-state index is 11.6. The molecule has 1 aliphatic rings. The van der Waals surface area contributed by atoms with Crippen LogP contribution >= 0.6 is 0 Å². The molecule has 2 aromatic carbocycles. The lowest BCUT2D eigenvalue weighted by Gasteiger charge is -2.32. The molecule has 0 aliphatic carbocycles. The molecule has 1 heterocycles. The summed E-state index contributed by atoms with van der Waals surface area (Å²) in [7, 11) is 1.68. The number of likely N-dealkylation sites (N-methyl/N-ethyl adjacent to an activating group) is 1. The van der Waals surface area contributed by atoms with Crippen LogP contribution in [0.25, 0.3) is 0 Å². The van der Waals surface area contributed by atoms with Gasteiger partial charge in [-0.2, -0.15) is 0 Å². The first-order valence-electron chi connectivity index (χ1n) is 11.4.